The molecule has 1 aromatic rings. The van der Waals surface area contributed by atoms with Crippen LogP contribution in [0.4, 0.5) is 0 Å². The number of aliphatic hydroxyl groups is 1. The molecule has 1 rings (SSSR count). The Morgan fingerprint density at radius 3 is 3.00 bits per heavy atom. The van der Waals surface area contributed by atoms with Gasteiger partial charge in [0.15, 0.2) is 6.29 Å². The van der Waals surface area contributed by atoms with E-state index in [2.05, 4.69) is 11.8 Å². The number of rotatable bonds is 1. The Labute approximate surface area is 74.9 Å². The van der Waals surface area contributed by atoms with Gasteiger partial charge in [-0.25, -0.2) is 0 Å². The average molecular weight is 180 g/mol. The van der Waals surface area contributed by atoms with Crippen LogP contribution in [0.2, 0.25) is 0 Å². The van der Waals surface area contributed by atoms with Gasteiger partial charge in [-0.15, -0.1) is 11.3 Å². The Morgan fingerprint density at radius 2 is 2.50 bits per heavy atom. The Morgan fingerprint density at radius 1 is 1.75 bits per heavy atom. The summed E-state index contributed by atoms with van der Waals surface area (Å²) in [6.07, 6.45) is 0.807. The molecule has 0 fully saturated rings. The zero-order valence-electron chi connectivity index (χ0n) is 6.63. The van der Waals surface area contributed by atoms with E-state index in [0.717, 1.165) is 16.7 Å². The zero-order chi connectivity index (χ0) is 8.97. The van der Waals surface area contributed by atoms with E-state index in [1.165, 1.54) is 11.3 Å². The molecule has 2 nitrogen and oxygen atoms in total. The van der Waals surface area contributed by atoms with Gasteiger partial charge in [-0.3, -0.25) is 4.79 Å². The number of hydrogen-bond acceptors (Lipinski definition) is 3. The third-order valence-corrected chi connectivity index (χ3v) is 2.41. The van der Waals surface area contributed by atoms with Crippen LogP contribution in [0, 0.1) is 18.8 Å². The summed E-state index contributed by atoms with van der Waals surface area (Å²) >= 11 is 1.35. The molecule has 0 aliphatic heterocycles. The lowest BCUT2D eigenvalue weighted by Crippen LogP contribution is -1.73. The summed E-state index contributed by atoms with van der Waals surface area (Å²) in [5, 5.41) is 8.44. The van der Waals surface area contributed by atoms with Crippen LogP contribution < -0.4 is 0 Å². The fourth-order valence-electron chi connectivity index (χ4n) is 0.809. The van der Waals surface area contributed by atoms with Crippen molar-refractivity contribution in [1.29, 1.82) is 0 Å². The summed E-state index contributed by atoms with van der Waals surface area (Å²) in [5.74, 6) is 5.32. The summed E-state index contributed by atoms with van der Waals surface area (Å²) < 4.78 is 0. The van der Waals surface area contributed by atoms with E-state index in [9.17, 15) is 4.79 Å². The maximum Gasteiger partial charge on any atom is 0.160 e. The highest BCUT2D eigenvalue weighted by Gasteiger charge is 2.00. The molecule has 0 radical (unpaired) electrons. The maximum absolute atomic E-state index is 10.4. The molecule has 0 bridgehead atoms. The van der Waals surface area contributed by atoms with Crippen LogP contribution in [0.3, 0.4) is 0 Å². The van der Waals surface area contributed by atoms with Gasteiger partial charge in [0.2, 0.25) is 0 Å². The third-order valence-electron chi connectivity index (χ3n) is 1.33. The van der Waals surface area contributed by atoms with Crippen LogP contribution in [0.5, 0.6) is 0 Å². The van der Waals surface area contributed by atoms with Crippen molar-refractivity contribution in [3.8, 4) is 11.8 Å². The van der Waals surface area contributed by atoms with Crippen molar-refractivity contribution < 1.29 is 9.90 Å². The van der Waals surface area contributed by atoms with E-state index in [1.807, 2.05) is 6.92 Å². The Bertz CT molecular complexity index is 341. The number of carbonyl (C=O) groups excluding carboxylic acids is 1. The van der Waals surface area contributed by atoms with E-state index >= 15 is 0 Å². The first-order valence-corrected chi connectivity index (χ1v) is 4.25. The van der Waals surface area contributed by atoms with Crippen molar-refractivity contribution >= 4 is 17.6 Å². The Kier molecular flexibility index (Phi) is 3.03. The quantitative estimate of drug-likeness (QED) is 0.521. The summed E-state index contributed by atoms with van der Waals surface area (Å²) in [5.41, 5.74) is 0.989. The standard InChI is InChI=1S/C9H8O2S/c1-7-5-8(6-11)12-9(7)3-2-4-10/h5-6,10H,4H2,1H3. The van der Waals surface area contributed by atoms with Crippen LogP contribution in [0.25, 0.3) is 0 Å². The number of aldehydes is 1. The number of hydrogen-bond donors (Lipinski definition) is 1. The summed E-state index contributed by atoms with van der Waals surface area (Å²) in [4.78, 5) is 11.9. The van der Waals surface area contributed by atoms with E-state index < -0.39 is 0 Å². The number of carbonyl (C=O) groups is 1. The second-order valence-corrected chi connectivity index (χ2v) is 3.32. The smallest absolute Gasteiger partial charge is 0.160 e. The zero-order valence-corrected chi connectivity index (χ0v) is 7.44. The van der Waals surface area contributed by atoms with Gasteiger partial charge in [-0.05, 0) is 18.6 Å². The van der Waals surface area contributed by atoms with Crippen LogP contribution in [0.15, 0.2) is 6.07 Å². The molecule has 0 aromatic carbocycles. The molecule has 1 aromatic heterocycles. The second kappa shape index (κ2) is 4.05. The van der Waals surface area contributed by atoms with Gasteiger partial charge < -0.3 is 5.11 Å². The van der Waals surface area contributed by atoms with Gasteiger partial charge >= 0.3 is 0 Å². The lowest BCUT2D eigenvalue weighted by atomic mass is 10.3. The molecule has 0 spiro atoms. The van der Waals surface area contributed by atoms with Crippen LogP contribution in [-0.4, -0.2) is 18.0 Å². The third kappa shape index (κ3) is 1.94. The summed E-state index contributed by atoms with van der Waals surface area (Å²) in [7, 11) is 0. The average Bonchev–Trinajstić information content (AvgIpc) is 2.43. The molecular weight excluding hydrogens is 172 g/mol. The molecule has 0 saturated carbocycles. The first kappa shape index (κ1) is 8.98. The molecule has 3 heteroatoms. The van der Waals surface area contributed by atoms with Crippen molar-refractivity contribution in [3.05, 3.63) is 21.4 Å². The normalized spacial score (nSPS) is 8.83. The van der Waals surface area contributed by atoms with E-state index in [1.54, 1.807) is 6.07 Å². The van der Waals surface area contributed by atoms with Gasteiger partial charge in [0.25, 0.3) is 0 Å². The van der Waals surface area contributed by atoms with Crippen LogP contribution in [-0.2, 0) is 0 Å². The van der Waals surface area contributed by atoms with Gasteiger partial charge in [0.05, 0.1) is 9.75 Å². The van der Waals surface area contributed by atoms with Crippen molar-refractivity contribution in [3.63, 3.8) is 0 Å². The summed E-state index contributed by atoms with van der Waals surface area (Å²) in [6.45, 7) is 1.75. The SMILES string of the molecule is Cc1cc(C=O)sc1C#CCO. The fourth-order valence-corrected chi connectivity index (χ4v) is 1.67. The molecule has 62 valence electrons. The highest BCUT2D eigenvalue weighted by Crippen LogP contribution is 2.18. The molecule has 0 atom stereocenters. The number of aryl methyl sites for hydroxylation is 1. The minimum absolute atomic E-state index is 0.145. The molecule has 0 saturated heterocycles. The highest BCUT2D eigenvalue weighted by molar-refractivity contribution is 7.14. The minimum atomic E-state index is -0.145. The van der Waals surface area contributed by atoms with Gasteiger partial charge in [-0.2, -0.15) is 0 Å². The molecule has 1 heterocycles. The number of aliphatic hydroxyl groups excluding tert-OH is 1. The molecule has 0 aliphatic carbocycles. The van der Waals surface area contributed by atoms with Gasteiger partial charge in [-0.1, -0.05) is 11.8 Å². The molecule has 0 unspecified atom stereocenters. The van der Waals surface area contributed by atoms with E-state index in [0.29, 0.717) is 4.88 Å². The largest absolute Gasteiger partial charge is 0.384 e. The van der Waals surface area contributed by atoms with Gasteiger partial charge in [0.1, 0.15) is 6.61 Å². The lowest BCUT2D eigenvalue weighted by molar-refractivity contribution is 0.112. The molecule has 0 amide bonds. The highest BCUT2D eigenvalue weighted by atomic mass is 32.1. The maximum atomic E-state index is 10.4. The van der Waals surface area contributed by atoms with Crippen molar-refractivity contribution in [1.82, 2.24) is 0 Å². The first-order chi connectivity index (χ1) is 5.77. The van der Waals surface area contributed by atoms with Crippen molar-refractivity contribution in [2.75, 3.05) is 6.61 Å². The predicted octanol–water partition coefficient (Wildman–Crippen LogP) is 1.21. The van der Waals surface area contributed by atoms with Crippen LogP contribution in [0.1, 0.15) is 20.1 Å². The van der Waals surface area contributed by atoms with E-state index in [4.69, 9.17) is 5.11 Å². The predicted molar refractivity (Wildman–Crippen MR) is 48.4 cm³/mol. The summed E-state index contributed by atoms with van der Waals surface area (Å²) in [6, 6.07) is 1.79. The minimum Gasteiger partial charge on any atom is -0.384 e. The molecular formula is C9H8O2S. The topological polar surface area (TPSA) is 37.3 Å². The molecule has 0 aliphatic rings. The monoisotopic (exact) mass is 180 g/mol. The Hall–Kier alpha value is -1.11. The Balaban J connectivity index is 2.99. The fraction of sp³-hybridized carbons (Fsp3) is 0.222. The second-order valence-electron chi connectivity index (χ2n) is 2.24. The lowest BCUT2D eigenvalue weighted by Gasteiger charge is -1.81. The van der Waals surface area contributed by atoms with Crippen molar-refractivity contribution in [2.24, 2.45) is 0 Å². The van der Waals surface area contributed by atoms with Crippen molar-refractivity contribution in [2.45, 2.75) is 6.92 Å². The number of thiophene rings is 1. The first-order valence-electron chi connectivity index (χ1n) is 3.43. The molecule has 1 N–H and O–H groups in total. The molecule has 12 heavy (non-hydrogen) atoms. The van der Waals surface area contributed by atoms with E-state index in [-0.39, 0.29) is 6.61 Å². The van der Waals surface area contributed by atoms with Gasteiger partial charge in [0, 0.05) is 0 Å². The van der Waals surface area contributed by atoms with Crippen LogP contribution >= 0.6 is 11.3 Å².